The van der Waals surface area contributed by atoms with Gasteiger partial charge < -0.3 is 14.9 Å². The summed E-state index contributed by atoms with van der Waals surface area (Å²) in [4.78, 5) is 27.5. The van der Waals surface area contributed by atoms with Gasteiger partial charge in [-0.2, -0.15) is 0 Å². The number of benzene rings is 1. The van der Waals surface area contributed by atoms with E-state index in [1.165, 1.54) is 0 Å². The first-order chi connectivity index (χ1) is 10.1. The van der Waals surface area contributed by atoms with Crippen LogP contribution in [0.25, 0.3) is 0 Å². The first kappa shape index (κ1) is 13.9. The second-order valence-electron chi connectivity index (χ2n) is 5.82. The van der Waals surface area contributed by atoms with Crippen LogP contribution in [0.1, 0.15) is 47.7 Å². The molecule has 21 heavy (non-hydrogen) atoms. The van der Waals surface area contributed by atoms with Crippen LogP contribution in [0.15, 0.2) is 18.2 Å². The van der Waals surface area contributed by atoms with Crippen LogP contribution in [0.3, 0.4) is 0 Å². The molecule has 0 spiro atoms. The summed E-state index contributed by atoms with van der Waals surface area (Å²) in [6, 6.07) is 5.57. The van der Waals surface area contributed by atoms with E-state index in [2.05, 4.69) is 6.92 Å². The van der Waals surface area contributed by atoms with E-state index >= 15 is 0 Å². The van der Waals surface area contributed by atoms with Crippen molar-refractivity contribution in [1.29, 1.82) is 0 Å². The highest BCUT2D eigenvalue weighted by Crippen LogP contribution is 2.28. The normalized spacial score (nSPS) is 20.7. The topological polar surface area (TPSA) is 60.9 Å². The molecule has 1 saturated heterocycles. The van der Waals surface area contributed by atoms with Crippen LogP contribution < -0.4 is 0 Å². The molecule has 2 amide bonds. The summed E-state index contributed by atoms with van der Waals surface area (Å²) in [6.07, 6.45) is 3.16. The molecule has 2 aliphatic heterocycles. The number of hydrogen-bond acceptors (Lipinski definition) is 2. The van der Waals surface area contributed by atoms with Crippen molar-refractivity contribution >= 4 is 12.0 Å². The smallest absolute Gasteiger partial charge is 0.335 e. The fourth-order valence-electron chi connectivity index (χ4n) is 3.36. The largest absolute Gasteiger partial charge is 0.478 e. The second-order valence-corrected chi connectivity index (χ2v) is 5.82. The average Bonchev–Trinajstić information content (AvgIpc) is 3.11. The third-order valence-electron chi connectivity index (χ3n) is 4.54. The number of hydrogen-bond donors (Lipinski definition) is 1. The zero-order valence-electron chi connectivity index (χ0n) is 12.2. The monoisotopic (exact) mass is 288 g/mol. The van der Waals surface area contributed by atoms with E-state index in [9.17, 15) is 9.59 Å². The molecule has 5 heteroatoms. The first-order valence-corrected chi connectivity index (χ1v) is 7.50. The van der Waals surface area contributed by atoms with Crippen LogP contribution in [-0.4, -0.2) is 39.5 Å². The van der Waals surface area contributed by atoms with E-state index in [-0.39, 0.29) is 11.6 Å². The maximum Gasteiger partial charge on any atom is 0.335 e. The Morgan fingerprint density at radius 1 is 1.29 bits per heavy atom. The number of carboxylic acids is 1. The molecular formula is C16H20N2O3. The number of rotatable bonds is 2. The van der Waals surface area contributed by atoms with E-state index in [0.29, 0.717) is 19.1 Å². The summed E-state index contributed by atoms with van der Waals surface area (Å²) >= 11 is 0. The number of carbonyl (C=O) groups is 2. The predicted molar refractivity (Wildman–Crippen MR) is 78.1 cm³/mol. The second kappa shape index (κ2) is 5.39. The number of likely N-dealkylation sites (tertiary alicyclic amines) is 1. The lowest BCUT2D eigenvalue weighted by Crippen LogP contribution is -2.43. The van der Waals surface area contributed by atoms with Crippen molar-refractivity contribution in [2.45, 2.75) is 45.3 Å². The van der Waals surface area contributed by atoms with Gasteiger partial charge in [0, 0.05) is 25.7 Å². The summed E-state index contributed by atoms with van der Waals surface area (Å²) in [5.74, 6) is -0.923. The minimum Gasteiger partial charge on any atom is -0.478 e. The highest BCUT2D eigenvalue weighted by molar-refractivity contribution is 5.88. The fourth-order valence-corrected chi connectivity index (χ4v) is 3.36. The lowest BCUT2D eigenvalue weighted by atomic mass is 10.1. The fraction of sp³-hybridized carbons (Fsp3) is 0.500. The Hall–Kier alpha value is -2.04. The van der Waals surface area contributed by atoms with Crippen molar-refractivity contribution in [2.24, 2.45) is 0 Å². The summed E-state index contributed by atoms with van der Waals surface area (Å²) in [6.45, 7) is 4.06. The number of carbonyl (C=O) groups excluding carboxylic acids is 1. The molecule has 1 unspecified atom stereocenters. The van der Waals surface area contributed by atoms with Crippen molar-refractivity contribution in [2.75, 3.05) is 6.54 Å². The molecule has 1 atom stereocenters. The third-order valence-corrected chi connectivity index (χ3v) is 4.54. The molecule has 3 rings (SSSR count). The molecule has 1 fully saturated rings. The van der Waals surface area contributed by atoms with Crippen molar-refractivity contribution in [3.8, 4) is 0 Å². The van der Waals surface area contributed by atoms with Crippen LogP contribution in [0.4, 0.5) is 4.79 Å². The van der Waals surface area contributed by atoms with Gasteiger partial charge in [-0.15, -0.1) is 0 Å². The van der Waals surface area contributed by atoms with Gasteiger partial charge in [-0.25, -0.2) is 9.59 Å². The van der Waals surface area contributed by atoms with E-state index in [4.69, 9.17) is 5.11 Å². The molecule has 0 aromatic heterocycles. The van der Waals surface area contributed by atoms with E-state index in [1.54, 1.807) is 12.1 Å². The zero-order valence-corrected chi connectivity index (χ0v) is 12.2. The number of fused-ring (bicyclic) bond motifs is 1. The van der Waals surface area contributed by atoms with Gasteiger partial charge >= 0.3 is 12.0 Å². The number of aromatic carboxylic acids is 1. The molecule has 0 bridgehead atoms. The van der Waals surface area contributed by atoms with Crippen LogP contribution in [0, 0.1) is 0 Å². The number of urea groups is 1. The quantitative estimate of drug-likeness (QED) is 0.910. The minimum atomic E-state index is -0.923. The van der Waals surface area contributed by atoms with E-state index < -0.39 is 5.97 Å². The van der Waals surface area contributed by atoms with Crippen molar-refractivity contribution in [3.05, 3.63) is 34.9 Å². The summed E-state index contributed by atoms with van der Waals surface area (Å²) in [7, 11) is 0. The number of carboxylic acid groups (broad SMARTS) is 1. The molecule has 1 aromatic rings. The Morgan fingerprint density at radius 3 is 2.76 bits per heavy atom. The van der Waals surface area contributed by atoms with Crippen molar-refractivity contribution < 1.29 is 14.7 Å². The Kier molecular flexibility index (Phi) is 3.57. The van der Waals surface area contributed by atoms with Crippen LogP contribution in [0.2, 0.25) is 0 Å². The summed E-state index contributed by atoms with van der Waals surface area (Å²) in [5, 5.41) is 9.04. The Morgan fingerprint density at radius 2 is 2.05 bits per heavy atom. The lowest BCUT2D eigenvalue weighted by molar-refractivity contribution is 0.0696. The highest BCUT2D eigenvalue weighted by Gasteiger charge is 2.33. The van der Waals surface area contributed by atoms with Gasteiger partial charge in [0.2, 0.25) is 0 Å². The molecule has 0 aliphatic carbocycles. The van der Waals surface area contributed by atoms with Crippen LogP contribution in [0.5, 0.6) is 0 Å². The van der Waals surface area contributed by atoms with Gasteiger partial charge in [0.25, 0.3) is 0 Å². The van der Waals surface area contributed by atoms with Gasteiger partial charge in [0.05, 0.1) is 5.56 Å². The van der Waals surface area contributed by atoms with E-state index in [1.807, 2.05) is 15.9 Å². The van der Waals surface area contributed by atoms with Gasteiger partial charge in [-0.1, -0.05) is 13.0 Å². The molecule has 0 radical (unpaired) electrons. The van der Waals surface area contributed by atoms with Gasteiger partial charge in [0.1, 0.15) is 0 Å². The average molecular weight is 288 g/mol. The summed E-state index contributed by atoms with van der Waals surface area (Å²) in [5.41, 5.74) is 2.30. The maximum absolute atomic E-state index is 12.6. The SMILES string of the molecule is CCC1CCCN1C(=O)N1Cc2ccc(C(=O)O)cc2C1. The molecule has 5 nitrogen and oxygen atoms in total. The lowest BCUT2D eigenvalue weighted by Gasteiger charge is -2.28. The van der Waals surface area contributed by atoms with Crippen molar-refractivity contribution in [3.63, 3.8) is 0 Å². The molecular weight excluding hydrogens is 268 g/mol. The molecule has 1 N–H and O–H groups in total. The Balaban J connectivity index is 1.75. The highest BCUT2D eigenvalue weighted by atomic mass is 16.4. The molecule has 0 saturated carbocycles. The number of amides is 2. The number of nitrogens with zero attached hydrogens (tertiary/aromatic N) is 2. The molecule has 2 heterocycles. The standard InChI is InChI=1S/C16H20N2O3/c1-2-14-4-3-7-18(14)16(21)17-9-12-6-5-11(15(19)20)8-13(12)10-17/h5-6,8,14H,2-4,7,9-10H2,1H3,(H,19,20). The summed E-state index contributed by atoms with van der Waals surface area (Å²) < 4.78 is 0. The van der Waals surface area contributed by atoms with E-state index in [0.717, 1.165) is 36.9 Å². The predicted octanol–water partition coefficient (Wildman–Crippen LogP) is 2.69. The maximum atomic E-state index is 12.6. The Labute approximate surface area is 124 Å². The first-order valence-electron chi connectivity index (χ1n) is 7.50. The molecule has 2 aliphatic rings. The van der Waals surface area contributed by atoms with Crippen molar-refractivity contribution in [1.82, 2.24) is 9.80 Å². The molecule has 1 aromatic carbocycles. The van der Waals surface area contributed by atoms with Gasteiger partial charge in [-0.3, -0.25) is 0 Å². The van der Waals surface area contributed by atoms with Crippen LogP contribution >= 0.6 is 0 Å². The van der Waals surface area contributed by atoms with Gasteiger partial charge in [0.15, 0.2) is 0 Å². The minimum absolute atomic E-state index is 0.0902. The molecule has 112 valence electrons. The van der Waals surface area contributed by atoms with Crippen LogP contribution in [-0.2, 0) is 13.1 Å². The zero-order chi connectivity index (χ0) is 15.0. The third kappa shape index (κ3) is 2.48. The Bertz CT molecular complexity index is 585. The van der Waals surface area contributed by atoms with Gasteiger partial charge in [-0.05, 0) is 42.5 Å².